The van der Waals surface area contributed by atoms with Crippen LogP contribution in [0, 0.1) is 11.3 Å². The molecule has 0 aliphatic heterocycles. The molecule has 0 radical (unpaired) electrons. The summed E-state index contributed by atoms with van der Waals surface area (Å²) in [7, 11) is 0. The van der Waals surface area contributed by atoms with E-state index in [1.165, 1.54) is 0 Å². The Morgan fingerprint density at radius 3 is 2.86 bits per heavy atom. The monoisotopic (exact) mass is 196 g/mol. The molecule has 0 aromatic rings. The van der Waals surface area contributed by atoms with E-state index in [4.69, 9.17) is 16.6 Å². The second-order valence-electron chi connectivity index (χ2n) is 4.53. The number of carboxylic acid groups (broad SMARTS) is 1. The highest BCUT2D eigenvalue weighted by molar-refractivity contribution is 5.69. The normalized spacial score (nSPS) is 44.6. The van der Waals surface area contributed by atoms with Crippen LogP contribution in [0.2, 0.25) is 0 Å². The van der Waals surface area contributed by atoms with Gasteiger partial charge in [-0.05, 0) is 18.8 Å². The zero-order chi connectivity index (χ0) is 10.4. The van der Waals surface area contributed by atoms with Crippen LogP contribution in [0.15, 0.2) is 12.2 Å². The molecule has 4 heteroatoms. The molecular weight excluding hydrogens is 180 g/mol. The van der Waals surface area contributed by atoms with Crippen LogP contribution in [0.1, 0.15) is 19.3 Å². The van der Waals surface area contributed by atoms with Gasteiger partial charge in [-0.25, -0.2) is 0 Å². The zero-order valence-corrected chi connectivity index (χ0v) is 8.07. The van der Waals surface area contributed by atoms with E-state index in [1.54, 1.807) is 0 Å². The summed E-state index contributed by atoms with van der Waals surface area (Å²) in [6.07, 6.45) is 5.90. The molecule has 0 amide bonds. The van der Waals surface area contributed by atoms with Crippen LogP contribution in [-0.4, -0.2) is 23.2 Å². The lowest BCUT2D eigenvalue weighted by Gasteiger charge is -2.59. The summed E-state index contributed by atoms with van der Waals surface area (Å²) in [5.41, 5.74) is 11.0. The van der Waals surface area contributed by atoms with Crippen molar-refractivity contribution < 1.29 is 9.90 Å². The third-order valence-corrected chi connectivity index (χ3v) is 3.93. The van der Waals surface area contributed by atoms with Crippen molar-refractivity contribution in [2.24, 2.45) is 22.8 Å². The van der Waals surface area contributed by atoms with E-state index in [0.717, 1.165) is 12.8 Å². The lowest BCUT2D eigenvalue weighted by atomic mass is 9.48. The zero-order valence-electron chi connectivity index (χ0n) is 8.07. The number of carboxylic acids is 1. The van der Waals surface area contributed by atoms with Crippen molar-refractivity contribution in [3.63, 3.8) is 0 Å². The SMILES string of the molecule is NCC1(CC(=O)O)CC2CC=CC21N. The molecule has 2 aliphatic rings. The van der Waals surface area contributed by atoms with E-state index in [1.807, 2.05) is 12.2 Å². The van der Waals surface area contributed by atoms with Crippen LogP contribution in [0.25, 0.3) is 0 Å². The second-order valence-corrected chi connectivity index (χ2v) is 4.53. The minimum absolute atomic E-state index is 0.0842. The number of rotatable bonds is 3. The molecule has 2 rings (SSSR count). The largest absolute Gasteiger partial charge is 0.481 e. The summed E-state index contributed by atoms with van der Waals surface area (Å²) in [6, 6.07) is 0. The van der Waals surface area contributed by atoms with Crippen molar-refractivity contribution in [2.75, 3.05) is 6.54 Å². The first-order chi connectivity index (χ1) is 6.54. The first-order valence-corrected chi connectivity index (χ1v) is 4.92. The van der Waals surface area contributed by atoms with E-state index < -0.39 is 16.9 Å². The predicted molar refractivity (Wildman–Crippen MR) is 52.5 cm³/mol. The molecule has 0 spiro atoms. The van der Waals surface area contributed by atoms with Gasteiger partial charge in [-0.1, -0.05) is 12.2 Å². The summed E-state index contributed by atoms with van der Waals surface area (Å²) in [4.78, 5) is 10.8. The molecule has 1 saturated carbocycles. The van der Waals surface area contributed by atoms with Crippen LogP contribution in [0.5, 0.6) is 0 Å². The van der Waals surface area contributed by atoms with Crippen molar-refractivity contribution in [3.8, 4) is 0 Å². The van der Waals surface area contributed by atoms with Crippen LogP contribution in [-0.2, 0) is 4.79 Å². The van der Waals surface area contributed by atoms with Gasteiger partial charge in [0, 0.05) is 17.5 Å². The van der Waals surface area contributed by atoms with Gasteiger partial charge in [-0.2, -0.15) is 0 Å². The summed E-state index contributed by atoms with van der Waals surface area (Å²) < 4.78 is 0. The maximum atomic E-state index is 10.8. The summed E-state index contributed by atoms with van der Waals surface area (Å²) >= 11 is 0. The number of allylic oxidation sites excluding steroid dienone is 1. The third kappa shape index (κ3) is 0.980. The first kappa shape index (κ1) is 9.68. The summed E-state index contributed by atoms with van der Waals surface area (Å²) in [5, 5.41) is 8.84. The maximum absolute atomic E-state index is 10.8. The smallest absolute Gasteiger partial charge is 0.304 e. The molecule has 0 aromatic heterocycles. The molecule has 0 saturated heterocycles. The number of fused-ring (bicyclic) bond motifs is 1. The first-order valence-electron chi connectivity index (χ1n) is 4.92. The average molecular weight is 196 g/mol. The highest BCUT2D eigenvalue weighted by Gasteiger charge is 2.62. The van der Waals surface area contributed by atoms with Crippen LogP contribution in [0.4, 0.5) is 0 Å². The maximum Gasteiger partial charge on any atom is 0.304 e. The van der Waals surface area contributed by atoms with E-state index in [-0.39, 0.29) is 6.42 Å². The number of hydrogen-bond donors (Lipinski definition) is 3. The Bertz CT molecular complexity index is 302. The van der Waals surface area contributed by atoms with Gasteiger partial charge >= 0.3 is 5.97 Å². The molecular formula is C10H16N2O2. The van der Waals surface area contributed by atoms with Crippen LogP contribution in [0.3, 0.4) is 0 Å². The lowest BCUT2D eigenvalue weighted by Crippen LogP contribution is -2.70. The molecule has 2 aliphatic carbocycles. The Hall–Kier alpha value is -0.870. The second kappa shape index (κ2) is 2.81. The molecule has 5 N–H and O–H groups in total. The highest BCUT2D eigenvalue weighted by Crippen LogP contribution is 2.59. The third-order valence-electron chi connectivity index (χ3n) is 3.93. The molecule has 0 aromatic carbocycles. The van der Waals surface area contributed by atoms with Gasteiger partial charge in [0.1, 0.15) is 0 Å². The van der Waals surface area contributed by atoms with Gasteiger partial charge in [0.15, 0.2) is 0 Å². The van der Waals surface area contributed by atoms with Crippen molar-refractivity contribution in [1.29, 1.82) is 0 Å². The van der Waals surface area contributed by atoms with Crippen molar-refractivity contribution in [1.82, 2.24) is 0 Å². The van der Waals surface area contributed by atoms with Crippen LogP contribution >= 0.6 is 0 Å². The fourth-order valence-electron chi connectivity index (χ4n) is 2.98. The van der Waals surface area contributed by atoms with Crippen molar-refractivity contribution in [2.45, 2.75) is 24.8 Å². The minimum Gasteiger partial charge on any atom is -0.481 e. The van der Waals surface area contributed by atoms with Gasteiger partial charge < -0.3 is 16.6 Å². The molecule has 3 unspecified atom stereocenters. The van der Waals surface area contributed by atoms with Gasteiger partial charge in [-0.15, -0.1) is 0 Å². The van der Waals surface area contributed by atoms with E-state index in [2.05, 4.69) is 0 Å². The van der Waals surface area contributed by atoms with Crippen molar-refractivity contribution >= 4 is 5.97 Å². The number of carbonyl (C=O) groups is 1. The van der Waals surface area contributed by atoms with Crippen LogP contribution < -0.4 is 11.5 Å². The molecule has 0 heterocycles. The fourth-order valence-corrected chi connectivity index (χ4v) is 2.98. The predicted octanol–water partition coefficient (Wildman–Crippen LogP) is 0.0835. The van der Waals surface area contributed by atoms with Gasteiger partial charge in [0.05, 0.1) is 6.42 Å². The number of aliphatic carboxylic acids is 1. The quantitative estimate of drug-likeness (QED) is 0.558. The summed E-state index contributed by atoms with van der Waals surface area (Å²) in [5.74, 6) is -0.399. The highest BCUT2D eigenvalue weighted by atomic mass is 16.4. The van der Waals surface area contributed by atoms with Crippen molar-refractivity contribution in [3.05, 3.63) is 12.2 Å². The molecule has 0 bridgehead atoms. The molecule has 1 fully saturated rings. The topological polar surface area (TPSA) is 89.3 Å². The van der Waals surface area contributed by atoms with E-state index in [0.29, 0.717) is 12.5 Å². The van der Waals surface area contributed by atoms with Gasteiger partial charge in [-0.3, -0.25) is 4.79 Å². The van der Waals surface area contributed by atoms with Gasteiger partial charge in [0.25, 0.3) is 0 Å². The molecule has 78 valence electrons. The summed E-state index contributed by atoms with van der Waals surface area (Å²) in [6.45, 7) is 0.358. The van der Waals surface area contributed by atoms with Gasteiger partial charge in [0.2, 0.25) is 0 Å². The molecule has 4 nitrogen and oxygen atoms in total. The Labute approximate surface area is 83.0 Å². The molecule has 3 atom stereocenters. The standard InChI is InChI=1S/C10H16N2O2/c11-6-9(5-8(13)14)4-7-2-1-3-10(7,9)12/h1,3,7H,2,4-6,11-12H2,(H,13,14). The lowest BCUT2D eigenvalue weighted by molar-refractivity contribution is -0.145. The van der Waals surface area contributed by atoms with E-state index in [9.17, 15) is 4.79 Å². The molecule has 14 heavy (non-hydrogen) atoms. The fraction of sp³-hybridized carbons (Fsp3) is 0.700. The number of hydrogen-bond acceptors (Lipinski definition) is 3. The Balaban J connectivity index is 2.23. The Morgan fingerprint density at radius 2 is 2.36 bits per heavy atom. The Kier molecular flexibility index (Phi) is 1.94. The minimum atomic E-state index is -0.806. The number of nitrogens with two attached hydrogens (primary N) is 2. The van der Waals surface area contributed by atoms with E-state index >= 15 is 0 Å². The Morgan fingerprint density at radius 1 is 1.64 bits per heavy atom. The average Bonchev–Trinajstić information content (AvgIpc) is 2.41.